The number of unbranched alkanes of at least 4 members (excludes halogenated alkanes) is 3. The molecule has 36 heavy (non-hydrogen) atoms. The summed E-state index contributed by atoms with van der Waals surface area (Å²) in [7, 11) is 0. The Morgan fingerprint density at radius 2 is 1.67 bits per heavy atom. The molecular formula is C30H44O6. The molecule has 2 aliphatic carbocycles. The van der Waals surface area contributed by atoms with Crippen LogP contribution in [0.2, 0.25) is 0 Å². The largest absolute Gasteiger partial charge is 0.426 e. The second-order valence-electron chi connectivity index (χ2n) is 11.8. The maximum Gasteiger partial charge on any atom is 0.314 e. The lowest BCUT2D eigenvalue weighted by Gasteiger charge is -2.37. The van der Waals surface area contributed by atoms with Crippen molar-refractivity contribution in [2.45, 2.75) is 102 Å². The van der Waals surface area contributed by atoms with Crippen LogP contribution < -0.4 is 4.74 Å². The lowest BCUT2D eigenvalue weighted by atomic mass is 9.83. The van der Waals surface area contributed by atoms with E-state index >= 15 is 0 Å². The van der Waals surface area contributed by atoms with Gasteiger partial charge in [-0.1, -0.05) is 31.9 Å². The third-order valence-corrected chi connectivity index (χ3v) is 8.47. The van der Waals surface area contributed by atoms with Gasteiger partial charge in [0.2, 0.25) is 0 Å². The van der Waals surface area contributed by atoms with E-state index in [1.54, 1.807) is 0 Å². The minimum Gasteiger partial charge on any atom is -0.426 e. The van der Waals surface area contributed by atoms with Crippen LogP contribution in [-0.4, -0.2) is 57.3 Å². The molecule has 0 amide bonds. The van der Waals surface area contributed by atoms with E-state index in [0.29, 0.717) is 30.0 Å². The molecule has 0 radical (unpaired) electrons. The average molecular weight is 501 g/mol. The number of carbonyl (C=O) groups excluding carboxylic acids is 1. The molecule has 3 atom stereocenters. The topological polar surface area (TPSA) is 66.5 Å². The van der Waals surface area contributed by atoms with Gasteiger partial charge in [0.05, 0.1) is 44.1 Å². The number of fused-ring (bicyclic) bond motifs is 1. The van der Waals surface area contributed by atoms with Crippen LogP contribution in [0, 0.1) is 11.3 Å². The van der Waals surface area contributed by atoms with Gasteiger partial charge >= 0.3 is 5.97 Å². The number of ether oxygens (including phenoxy) is 5. The fourth-order valence-electron chi connectivity index (χ4n) is 5.95. The molecule has 0 aromatic heterocycles. The van der Waals surface area contributed by atoms with Crippen LogP contribution in [0.1, 0.15) is 89.0 Å². The van der Waals surface area contributed by atoms with Crippen molar-refractivity contribution in [2.75, 3.05) is 33.0 Å². The van der Waals surface area contributed by atoms with E-state index in [9.17, 15) is 4.79 Å². The number of epoxide rings is 1. The number of hydrogen-bond acceptors (Lipinski definition) is 6. The third kappa shape index (κ3) is 7.31. The molecule has 6 heteroatoms. The van der Waals surface area contributed by atoms with Crippen molar-refractivity contribution in [3.63, 3.8) is 0 Å². The molecule has 0 spiro atoms. The number of benzene rings is 1. The van der Waals surface area contributed by atoms with Crippen LogP contribution in [0.3, 0.4) is 0 Å². The van der Waals surface area contributed by atoms with Crippen molar-refractivity contribution in [1.29, 1.82) is 0 Å². The van der Waals surface area contributed by atoms with Gasteiger partial charge < -0.3 is 23.7 Å². The van der Waals surface area contributed by atoms with Crippen molar-refractivity contribution < 1.29 is 28.5 Å². The zero-order valence-electron chi connectivity index (χ0n) is 22.0. The normalized spacial score (nSPS) is 30.8. The van der Waals surface area contributed by atoms with Crippen LogP contribution in [0.25, 0.3) is 0 Å². The standard InChI is InChI=1S/C30H44O6/c1-30(20-33-21-30)19-32-16-4-2-3-5-17-34-25-11-6-22(7-12-25)23-8-13-26(14-9-23)35-29(31)24-10-15-27-28(18-24)36-27/h8-9,13-14,22,24-25,27-28H,2-7,10-12,15-21H2,1H3. The molecule has 2 saturated heterocycles. The Morgan fingerprint density at radius 3 is 2.36 bits per heavy atom. The van der Waals surface area contributed by atoms with E-state index in [1.165, 1.54) is 18.4 Å². The molecule has 1 aromatic rings. The molecule has 6 nitrogen and oxygen atoms in total. The summed E-state index contributed by atoms with van der Waals surface area (Å²) in [6.07, 6.45) is 13.1. The van der Waals surface area contributed by atoms with Crippen LogP contribution >= 0.6 is 0 Å². The quantitative estimate of drug-likeness (QED) is 0.147. The third-order valence-electron chi connectivity index (χ3n) is 8.47. The summed E-state index contributed by atoms with van der Waals surface area (Å²) in [5.41, 5.74) is 1.61. The van der Waals surface area contributed by atoms with Gasteiger partial charge in [0, 0.05) is 18.6 Å². The van der Waals surface area contributed by atoms with Gasteiger partial charge in [-0.3, -0.25) is 4.79 Å². The Balaban J connectivity index is 0.904. The fraction of sp³-hybridized carbons (Fsp3) is 0.767. The maximum absolute atomic E-state index is 12.5. The molecule has 4 aliphatic rings. The van der Waals surface area contributed by atoms with Crippen molar-refractivity contribution in [1.82, 2.24) is 0 Å². The molecule has 0 N–H and O–H groups in total. The Labute approximate surface area is 216 Å². The highest BCUT2D eigenvalue weighted by Gasteiger charge is 2.46. The molecule has 200 valence electrons. The number of carbonyl (C=O) groups is 1. The number of rotatable bonds is 13. The van der Waals surface area contributed by atoms with Crippen molar-refractivity contribution >= 4 is 5.97 Å². The lowest BCUT2D eigenvalue weighted by molar-refractivity contribution is -0.139. The van der Waals surface area contributed by atoms with E-state index in [-0.39, 0.29) is 17.3 Å². The molecule has 1 aromatic carbocycles. The molecule has 0 bridgehead atoms. The summed E-state index contributed by atoms with van der Waals surface area (Å²) >= 11 is 0. The van der Waals surface area contributed by atoms with Crippen molar-refractivity contribution in [2.24, 2.45) is 11.3 Å². The van der Waals surface area contributed by atoms with Gasteiger partial charge in [0.1, 0.15) is 5.75 Å². The summed E-state index contributed by atoms with van der Waals surface area (Å²) < 4.78 is 28.5. The summed E-state index contributed by atoms with van der Waals surface area (Å²) in [6, 6.07) is 8.20. The Morgan fingerprint density at radius 1 is 0.917 bits per heavy atom. The first kappa shape index (κ1) is 26.1. The summed E-state index contributed by atoms with van der Waals surface area (Å²) in [5, 5.41) is 0. The fourth-order valence-corrected chi connectivity index (χ4v) is 5.95. The Bertz CT molecular complexity index is 826. The molecule has 4 fully saturated rings. The smallest absolute Gasteiger partial charge is 0.314 e. The van der Waals surface area contributed by atoms with E-state index in [4.69, 9.17) is 23.7 Å². The summed E-state index contributed by atoms with van der Waals surface area (Å²) in [4.78, 5) is 12.5. The second-order valence-corrected chi connectivity index (χ2v) is 11.8. The molecule has 2 saturated carbocycles. The van der Waals surface area contributed by atoms with E-state index < -0.39 is 0 Å². The summed E-state index contributed by atoms with van der Waals surface area (Å²) in [5.74, 6) is 1.12. The average Bonchev–Trinajstić information content (AvgIpc) is 3.66. The van der Waals surface area contributed by atoms with Gasteiger partial charge in [-0.2, -0.15) is 0 Å². The highest BCUT2D eigenvalue weighted by molar-refractivity contribution is 5.75. The van der Waals surface area contributed by atoms with Gasteiger partial charge in [-0.25, -0.2) is 0 Å². The van der Waals surface area contributed by atoms with Crippen LogP contribution in [-0.2, 0) is 23.7 Å². The molecular weight excluding hydrogens is 456 g/mol. The highest BCUT2D eigenvalue weighted by Crippen LogP contribution is 2.40. The summed E-state index contributed by atoms with van der Waals surface area (Å²) in [6.45, 7) is 6.47. The minimum absolute atomic E-state index is 0.0149. The predicted molar refractivity (Wildman–Crippen MR) is 137 cm³/mol. The lowest BCUT2D eigenvalue weighted by Crippen LogP contribution is -2.43. The first-order valence-corrected chi connectivity index (χ1v) is 14.3. The van der Waals surface area contributed by atoms with E-state index in [2.05, 4.69) is 19.1 Å². The minimum atomic E-state index is -0.100. The number of hydrogen-bond donors (Lipinski definition) is 0. The Hall–Kier alpha value is -1.47. The molecule has 3 unspecified atom stereocenters. The maximum atomic E-state index is 12.5. The molecule has 2 heterocycles. The molecule has 5 rings (SSSR count). The van der Waals surface area contributed by atoms with Crippen molar-refractivity contribution in [3.05, 3.63) is 29.8 Å². The predicted octanol–water partition coefficient (Wildman–Crippen LogP) is 5.82. The first-order chi connectivity index (χ1) is 17.6. The van der Waals surface area contributed by atoms with E-state index in [1.807, 2.05) is 12.1 Å². The van der Waals surface area contributed by atoms with Crippen LogP contribution in [0.5, 0.6) is 5.75 Å². The highest BCUT2D eigenvalue weighted by atomic mass is 16.6. The van der Waals surface area contributed by atoms with Gasteiger partial charge in [0.25, 0.3) is 0 Å². The molecule has 2 aliphatic heterocycles. The van der Waals surface area contributed by atoms with Crippen molar-refractivity contribution in [3.8, 4) is 5.75 Å². The van der Waals surface area contributed by atoms with Crippen LogP contribution in [0.15, 0.2) is 24.3 Å². The van der Waals surface area contributed by atoms with Gasteiger partial charge in [-0.05, 0) is 81.4 Å². The zero-order chi connectivity index (χ0) is 24.8. The van der Waals surface area contributed by atoms with E-state index in [0.717, 1.165) is 90.8 Å². The van der Waals surface area contributed by atoms with Gasteiger partial charge in [-0.15, -0.1) is 0 Å². The Kier molecular flexibility index (Phi) is 8.99. The van der Waals surface area contributed by atoms with Crippen LogP contribution in [0.4, 0.5) is 0 Å². The van der Waals surface area contributed by atoms with Gasteiger partial charge in [0.15, 0.2) is 0 Å². The first-order valence-electron chi connectivity index (χ1n) is 14.3. The zero-order valence-corrected chi connectivity index (χ0v) is 22.0. The number of esters is 1. The monoisotopic (exact) mass is 500 g/mol. The second kappa shape index (κ2) is 12.4. The SMILES string of the molecule is CC1(COCCCCCCOC2CCC(c3ccc(OC(=O)C4CCC5OC5C4)cc3)CC2)COC1.